The van der Waals surface area contributed by atoms with Gasteiger partial charge in [-0.2, -0.15) is 0 Å². The standard InChI is InChI=1S/C15H18O4/c1-11(13(16)18-10-15(2,3)4)19-14(17)12-8-6-5-7-9-12/h5-9H,1,10H2,2-4H3. The molecule has 0 radical (unpaired) electrons. The van der Waals surface area contributed by atoms with Crippen molar-refractivity contribution in [1.82, 2.24) is 0 Å². The molecule has 0 fully saturated rings. The third kappa shape index (κ3) is 5.38. The summed E-state index contributed by atoms with van der Waals surface area (Å²) in [7, 11) is 0. The largest absolute Gasteiger partial charge is 0.459 e. The Kier molecular flexibility index (Phi) is 4.87. The predicted octanol–water partition coefficient (Wildman–Crippen LogP) is 2.95. The molecule has 0 spiro atoms. The van der Waals surface area contributed by atoms with Crippen molar-refractivity contribution >= 4 is 11.9 Å². The van der Waals surface area contributed by atoms with Crippen LogP contribution in [0.5, 0.6) is 0 Å². The van der Waals surface area contributed by atoms with Crippen LogP contribution >= 0.6 is 0 Å². The molecule has 0 aliphatic rings. The van der Waals surface area contributed by atoms with Gasteiger partial charge in [-0.25, -0.2) is 9.59 Å². The molecule has 4 heteroatoms. The van der Waals surface area contributed by atoms with Gasteiger partial charge in [-0.15, -0.1) is 0 Å². The van der Waals surface area contributed by atoms with Crippen molar-refractivity contribution in [3.05, 3.63) is 48.2 Å². The highest BCUT2D eigenvalue weighted by Gasteiger charge is 2.19. The Morgan fingerprint density at radius 2 is 1.74 bits per heavy atom. The number of benzene rings is 1. The Balaban J connectivity index is 2.51. The van der Waals surface area contributed by atoms with Crippen LogP contribution in [0.15, 0.2) is 42.7 Å². The zero-order valence-electron chi connectivity index (χ0n) is 11.4. The van der Waals surface area contributed by atoms with E-state index < -0.39 is 11.9 Å². The van der Waals surface area contributed by atoms with Crippen molar-refractivity contribution in [3.63, 3.8) is 0 Å². The highest BCUT2D eigenvalue weighted by atomic mass is 16.6. The summed E-state index contributed by atoms with van der Waals surface area (Å²) in [6.45, 7) is 9.42. The van der Waals surface area contributed by atoms with Crippen LogP contribution in [0.4, 0.5) is 0 Å². The molecule has 0 amide bonds. The summed E-state index contributed by atoms with van der Waals surface area (Å²) in [5.41, 5.74) is 0.201. The average Bonchev–Trinajstić information content (AvgIpc) is 2.36. The zero-order valence-corrected chi connectivity index (χ0v) is 11.4. The molecule has 0 unspecified atom stereocenters. The number of hydrogen-bond donors (Lipinski definition) is 0. The zero-order chi connectivity index (χ0) is 14.5. The van der Waals surface area contributed by atoms with Crippen molar-refractivity contribution in [1.29, 1.82) is 0 Å². The first-order chi connectivity index (χ1) is 8.79. The second kappa shape index (κ2) is 6.18. The van der Waals surface area contributed by atoms with Crippen molar-refractivity contribution in [2.24, 2.45) is 5.41 Å². The van der Waals surface area contributed by atoms with Crippen LogP contribution in [0, 0.1) is 5.41 Å². The molecule has 4 nitrogen and oxygen atoms in total. The first-order valence-corrected chi connectivity index (χ1v) is 5.93. The molecule has 0 saturated heterocycles. The van der Waals surface area contributed by atoms with E-state index in [1.165, 1.54) is 0 Å². The summed E-state index contributed by atoms with van der Waals surface area (Å²) in [4.78, 5) is 23.2. The molecular formula is C15H18O4. The van der Waals surface area contributed by atoms with Crippen LogP contribution in [-0.2, 0) is 14.3 Å². The molecule has 0 saturated carbocycles. The van der Waals surface area contributed by atoms with Crippen molar-refractivity contribution in [3.8, 4) is 0 Å². The minimum absolute atomic E-state index is 0.153. The van der Waals surface area contributed by atoms with Crippen LogP contribution in [0.2, 0.25) is 0 Å². The van der Waals surface area contributed by atoms with Gasteiger partial charge in [0, 0.05) is 0 Å². The SMILES string of the molecule is C=C(OC(=O)c1ccccc1)C(=O)OCC(C)(C)C. The van der Waals surface area contributed by atoms with Crippen LogP contribution in [0.25, 0.3) is 0 Å². The van der Waals surface area contributed by atoms with Crippen molar-refractivity contribution in [2.75, 3.05) is 6.61 Å². The smallest absolute Gasteiger partial charge is 0.373 e. The maximum atomic E-state index is 11.7. The van der Waals surface area contributed by atoms with E-state index >= 15 is 0 Å². The number of ether oxygens (including phenoxy) is 2. The third-order valence-electron chi connectivity index (χ3n) is 2.09. The molecule has 0 aliphatic carbocycles. The number of rotatable bonds is 4. The molecule has 0 aromatic heterocycles. The van der Waals surface area contributed by atoms with Gasteiger partial charge in [-0.3, -0.25) is 0 Å². The summed E-state index contributed by atoms with van der Waals surface area (Å²) in [5.74, 6) is -1.66. The third-order valence-corrected chi connectivity index (χ3v) is 2.09. The average molecular weight is 262 g/mol. The summed E-state index contributed by atoms with van der Waals surface area (Å²) < 4.78 is 9.84. The van der Waals surface area contributed by atoms with Gasteiger partial charge in [0.05, 0.1) is 12.2 Å². The van der Waals surface area contributed by atoms with E-state index in [2.05, 4.69) is 6.58 Å². The van der Waals surface area contributed by atoms with Gasteiger partial charge >= 0.3 is 11.9 Å². The van der Waals surface area contributed by atoms with Gasteiger partial charge in [0.15, 0.2) is 0 Å². The highest BCUT2D eigenvalue weighted by molar-refractivity contribution is 5.95. The minimum Gasteiger partial charge on any atom is -0.459 e. The lowest BCUT2D eigenvalue weighted by Crippen LogP contribution is -2.21. The predicted molar refractivity (Wildman–Crippen MR) is 71.4 cm³/mol. The molecule has 0 atom stereocenters. The Morgan fingerprint density at radius 1 is 1.16 bits per heavy atom. The first kappa shape index (κ1) is 15.0. The van der Waals surface area contributed by atoms with Gasteiger partial charge in [0.1, 0.15) is 0 Å². The lowest BCUT2D eigenvalue weighted by Gasteiger charge is -2.18. The first-order valence-electron chi connectivity index (χ1n) is 5.93. The number of esters is 2. The second-order valence-electron chi connectivity index (χ2n) is 5.32. The van der Waals surface area contributed by atoms with Gasteiger partial charge in [0.2, 0.25) is 5.76 Å². The van der Waals surface area contributed by atoms with E-state index in [0.29, 0.717) is 5.56 Å². The van der Waals surface area contributed by atoms with E-state index in [-0.39, 0.29) is 17.8 Å². The van der Waals surface area contributed by atoms with Gasteiger partial charge in [-0.1, -0.05) is 39.0 Å². The normalized spacial score (nSPS) is 10.7. The summed E-state index contributed by atoms with van der Waals surface area (Å²) in [6.07, 6.45) is 0. The van der Waals surface area contributed by atoms with Crippen molar-refractivity contribution in [2.45, 2.75) is 20.8 Å². The van der Waals surface area contributed by atoms with Crippen LogP contribution in [-0.4, -0.2) is 18.5 Å². The van der Waals surface area contributed by atoms with E-state index in [1.807, 2.05) is 20.8 Å². The number of hydrogen-bond acceptors (Lipinski definition) is 4. The lowest BCUT2D eigenvalue weighted by atomic mass is 9.99. The molecule has 1 aromatic rings. The van der Waals surface area contributed by atoms with E-state index in [1.54, 1.807) is 30.3 Å². The summed E-state index contributed by atoms with van der Waals surface area (Å²) in [5, 5.41) is 0. The van der Waals surface area contributed by atoms with Crippen LogP contribution in [0.3, 0.4) is 0 Å². The van der Waals surface area contributed by atoms with Gasteiger partial charge < -0.3 is 9.47 Å². The van der Waals surface area contributed by atoms with Crippen LogP contribution in [0.1, 0.15) is 31.1 Å². The monoisotopic (exact) mass is 262 g/mol. The summed E-state index contributed by atoms with van der Waals surface area (Å²) in [6, 6.07) is 8.38. The maximum absolute atomic E-state index is 11.7. The Hall–Kier alpha value is -2.10. The van der Waals surface area contributed by atoms with Gasteiger partial charge in [-0.05, 0) is 24.1 Å². The Bertz CT molecular complexity index is 469. The minimum atomic E-state index is -0.723. The molecule has 1 rings (SSSR count). The Morgan fingerprint density at radius 3 is 2.26 bits per heavy atom. The van der Waals surface area contributed by atoms with Crippen molar-refractivity contribution < 1.29 is 19.1 Å². The Labute approximate surface area is 113 Å². The highest BCUT2D eigenvalue weighted by Crippen LogP contribution is 2.14. The van der Waals surface area contributed by atoms with E-state index in [4.69, 9.17) is 9.47 Å². The lowest BCUT2D eigenvalue weighted by molar-refractivity contribution is -0.144. The fourth-order valence-electron chi connectivity index (χ4n) is 1.15. The topological polar surface area (TPSA) is 52.6 Å². The molecule has 0 N–H and O–H groups in total. The second-order valence-corrected chi connectivity index (χ2v) is 5.32. The van der Waals surface area contributed by atoms with Crippen LogP contribution < -0.4 is 0 Å². The molecule has 102 valence electrons. The molecule has 0 heterocycles. The molecule has 19 heavy (non-hydrogen) atoms. The molecular weight excluding hydrogens is 244 g/mol. The van der Waals surface area contributed by atoms with E-state index in [0.717, 1.165) is 0 Å². The number of carbonyl (C=O) groups is 2. The molecule has 1 aromatic carbocycles. The molecule has 0 aliphatic heterocycles. The maximum Gasteiger partial charge on any atom is 0.373 e. The van der Waals surface area contributed by atoms with Gasteiger partial charge in [0.25, 0.3) is 0 Å². The quantitative estimate of drug-likeness (QED) is 0.475. The van der Waals surface area contributed by atoms with E-state index in [9.17, 15) is 9.59 Å². The fraction of sp³-hybridized carbons (Fsp3) is 0.333. The fourth-order valence-corrected chi connectivity index (χ4v) is 1.15. The summed E-state index contributed by atoms with van der Waals surface area (Å²) >= 11 is 0. The molecule has 0 bridgehead atoms. The number of carbonyl (C=O) groups excluding carboxylic acids is 2.